The van der Waals surface area contributed by atoms with Gasteiger partial charge in [-0.15, -0.1) is 0 Å². The normalized spacial score (nSPS) is 18.9. The summed E-state index contributed by atoms with van der Waals surface area (Å²) in [5, 5.41) is 3.34. The zero-order chi connectivity index (χ0) is 21.4. The average molecular weight is 432 g/mol. The van der Waals surface area contributed by atoms with Crippen LogP contribution >= 0.6 is 0 Å². The minimum absolute atomic E-state index is 0.0128. The number of nitrogens with one attached hydrogen (secondary N) is 2. The summed E-state index contributed by atoms with van der Waals surface area (Å²) in [4.78, 5) is 14.7. The number of hydrogen-bond donors (Lipinski definition) is 2. The van der Waals surface area contributed by atoms with Crippen LogP contribution in [0.25, 0.3) is 0 Å². The molecule has 8 nitrogen and oxygen atoms in total. The number of carbonyl (C=O) groups is 1. The first-order valence-corrected chi connectivity index (χ1v) is 11.2. The summed E-state index contributed by atoms with van der Waals surface area (Å²) in [6.45, 7) is 0.912. The van der Waals surface area contributed by atoms with Crippen molar-refractivity contribution in [1.29, 1.82) is 0 Å². The smallest absolute Gasteiger partial charge is 0.244 e. The van der Waals surface area contributed by atoms with Gasteiger partial charge in [-0.1, -0.05) is 12.1 Å². The zero-order valence-electron chi connectivity index (χ0n) is 17.0. The van der Waals surface area contributed by atoms with E-state index >= 15 is 0 Å². The number of amides is 1. The van der Waals surface area contributed by atoms with E-state index < -0.39 is 15.7 Å². The van der Waals surface area contributed by atoms with Gasteiger partial charge >= 0.3 is 0 Å². The van der Waals surface area contributed by atoms with Crippen LogP contribution in [0.15, 0.2) is 47.4 Å². The largest absolute Gasteiger partial charge is 0.497 e. The number of benzene rings is 2. The van der Waals surface area contributed by atoms with Crippen LogP contribution in [-0.4, -0.2) is 52.2 Å². The van der Waals surface area contributed by atoms with Crippen LogP contribution in [0.1, 0.15) is 18.4 Å². The number of sulfonamides is 1. The van der Waals surface area contributed by atoms with Gasteiger partial charge in [-0.3, -0.25) is 4.79 Å². The first-order valence-electron chi connectivity index (χ1n) is 9.75. The van der Waals surface area contributed by atoms with E-state index in [1.54, 1.807) is 31.3 Å². The van der Waals surface area contributed by atoms with Crippen LogP contribution in [0.4, 0.5) is 5.69 Å². The number of hydrogen-bond acceptors (Lipinski definition) is 6. The number of piperidine rings is 1. The number of nitrogens with zero attached hydrogens (tertiary/aromatic N) is 1. The van der Waals surface area contributed by atoms with Crippen molar-refractivity contribution in [3.8, 4) is 11.5 Å². The Morgan fingerprint density at radius 2 is 1.77 bits per heavy atom. The van der Waals surface area contributed by atoms with Gasteiger partial charge < -0.3 is 19.7 Å². The van der Waals surface area contributed by atoms with Crippen molar-refractivity contribution in [3.63, 3.8) is 0 Å². The predicted molar refractivity (Wildman–Crippen MR) is 112 cm³/mol. The lowest BCUT2D eigenvalue weighted by Crippen LogP contribution is -2.62. The fraction of sp³-hybridized carbons (Fsp3) is 0.381. The van der Waals surface area contributed by atoms with Crippen molar-refractivity contribution in [2.24, 2.45) is 0 Å². The SMILES string of the molecule is COc1cccc(CC(=O)N2CCC3(CC2)Nc2cc(OC)ccc2S(=O)(=O)N3)c1. The third kappa shape index (κ3) is 3.95. The fourth-order valence-corrected chi connectivity index (χ4v) is 5.52. The molecule has 2 N–H and O–H groups in total. The van der Waals surface area contributed by atoms with Crippen LogP contribution in [0, 0.1) is 0 Å². The van der Waals surface area contributed by atoms with Crippen LogP contribution in [0.3, 0.4) is 0 Å². The molecule has 1 fully saturated rings. The number of ether oxygens (including phenoxy) is 2. The molecule has 2 heterocycles. The van der Waals surface area contributed by atoms with Crippen molar-refractivity contribution in [2.75, 3.05) is 32.6 Å². The first kappa shape index (κ1) is 20.5. The van der Waals surface area contributed by atoms with E-state index in [9.17, 15) is 13.2 Å². The predicted octanol–water partition coefficient (Wildman–Crippen LogP) is 1.97. The Labute approximate surface area is 176 Å². The van der Waals surface area contributed by atoms with Gasteiger partial charge in [0.2, 0.25) is 15.9 Å². The van der Waals surface area contributed by atoms with Crippen molar-refractivity contribution in [3.05, 3.63) is 48.0 Å². The molecule has 2 aliphatic heterocycles. The average Bonchev–Trinajstić information content (AvgIpc) is 2.73. The van der Waals surface area contributed by atoms with E-state index in [-0.39, 0.29) is 17.2 Å². The lowest BCUT2D eigenvalue weighted by atomic mass is 9.96. The molecule has 2 aromatic rings. The summed E-state index contributed by atoms with van der Waals surface area (Å²) in [5.41, 5.74) is 0.590. The number of fused-ring (bicyclic) bond motifs is 1. The van der Waals surface area contributed by atoms with Crippen molar-refractivity contribution < 1.29 is 22.7 Å². The molecule has 160 valence electrons. The number of carbonyl (C=O) groups excluding carboxylic acids is 1. The molecular weight excluding hydrogens is 406 g/mol. The second kappa shape index (κ2) is 7.81. The molecule has 1 saturated heterocycles. The number of anilines is 1. The molecule has 2 aliphatic rings. The summed E-state index contributed by atoms with van der Waals surface area (Å²) in [7, 11) is -0.519. The maximum atomic E-state index is 12.8. The molecule has 0 atom stereocenters. The van der Waals surface area contributed by atoms with E-state index in [0.717, 1.165) is 5.56 Å². The molecule has 1 amide bonds. The molecule has 0 aromatic heterocycles. The highest BCUT2D eigenvalue weighted by molar-refractivity contribution is 7.89. The standard InChI is InChI=1S/C21H25N3O5S/c1-28-16-5-3-4-15(12-16)13-20(25)24-10-8-21(9-11-24)22-18-14-17(29-2)6-7-19(18)30(26,27)23-21/h3-7,12,14,22-23H,8-11,13H2,1-2H3. The molecule has 0 saturated carbocycles. The minimum Gasteiger partial charge on any atom is -0.497 e. The van der Waals surface area contributed by atoms with Crippen LogP contribution in [0.5, 0.6) is 11.5 Å². The minimum atomic E-state index is -3.65. The molecule has 30 heavy (non-hydrogen) atoms. The van der Waals surface area contributed by atoms with Crippen LogP contribution in [-0.2, 0) is 21.2 Å². The first-order chi connectivity index (χ1) is 14.3. The Kier molecular flexibility index (Phi) is 5.33. The van der Waals surface area contributed by atoms with Gasteiger partial charge in [-0.2, -0.15) is 4.72 Å². The Bertz CT molecular complexity index is 1060. The second-order valence-corrected chi connectivity index (χ2v) is 9.23. The highest BCUT2D eigenvalue weighted by atomic mass is 32.2. The zero-order valence-corrected chi connectivity index (χ0v) is 17.8. The van der Waals surface area contributed by atoms with Gasteiger partial charge in [-0.25, -0.2) is 8.42 Å². The van der Waals surface area contributed by atoms with Crippen molar-refractivity contribution in [1.82, 2.24) is 9.62 Å². The second-order valence-electron chi connectivity index (χ2n) is 7.58. The third-order valence-corrected chi connectivity index (χ3v) is 7.23. The van der Waals surface area contributed by atoms with Gasteiger partial charge in [-0.05, 0) is 29.8 Å². The summed E-state index contributed by atoms with van der Waals surface area (Å²) < 4.78 is 38.8. The van der Waals surface area contributed by atoms with E-state index in [1.807, 2.05) is 24.3 Å². The van der Waals surface area contributed by atoms with Crippen molar-refractivity contribution >= 4 is 21.6 Å². The van der Waals surface area contributed by atoms with E-state index in [4.69, 9.17) is 9.47 Å². The molecule has 2 aromatic carbocycles. The molecule has 0 bridgehead atoms. The van der Waals surface area contributed by atoms with Crippen molar-refractivity contribution in [2.45, 2.75) is 29.8 Å². The highest BCUT2D eigenvalue weighted by Crippen LogP contribution is 2.37. The molecule has 0 radical (unpaired) electrons. The molecule has 0 unspecified atom stereocenters. The van der Waals surface area contributed by atoms with Gasteiger partial charge in [0.1, 0.15) is 22.1 Å². The lowest BCUT2D eigenvalue weighted by molar-refractivity contribution is -0.131. The summed E-state index contributed by atoms with van der Waals surface area (Å²) in [5.74, 6) is 1.31. The Hall–Kier alpha value is -2.78. The van der Waals surface area contributed by atoms with Gasteiger partial charge in [0.05, 0.1) is 26.3 Å². The Morgan fingerprint density at radius 1 is 1.07 bits per heavy atom. The summed E-state index contributed by atoms with van der Waals surface area (Å²) in [6.07, 6.45) is 1.21. The topological polar surface area (TPSA) is 97.0 Å². The molecule has 0 aliphatic carbocycles. The number of likely N-dealkylation sites (tertiary alicyclic amines) is 1. The third-order valence-electron chi connectivity index (χ3n) is 5.64. The Morgan fingerprint density at radius 3 is 2.47 bits per heavy atom. The van der Waals surface area contributed by atoms with E-state index in [0.29, 0.717) is 43.1 Å². The number of rotatable bonds is 4. The van der Waals surface area contributed by atoms with E-state index in [1.165, 1.54) is 6.07 Å². The van der Waals surface area contributed by atoms with Gasteiger partial charge in [0.25, 0.3) is 0 Å². The summed E-state index contributed by atoms with van der Waals surface area (Å²) >= 11 is 0. The van der Waals surface area contributed by atoms with Gasteiger partial charge in [0, 0.05) is 32.0 Å². The molecule has 9 heteroatoms. The van der Waals surface area contributed by atoms with Crippen LogP contribution in [0.2, 0.25) is 0 Å². The fourth-order valence-electron chi connectivity index (χ4n) is 4.00. The van der Waals surface area contributed by atoms with E-state index in [2.05, 4.69) is 10.0 Å². The quantitative estimate of drug-likeness (QED) is 0.768. The van der Waals surface area contributed by atoms with Gasteiger partial charge in [0.15, 0.2) is 0 Å². The molecule has 1 spiro atoms. The summed E-state index contributed by atoms with van der Waals surface area (Å²) in [6, 6.07) is 12.3. The monoisotopic (exact) mass is 431 g/mol. The molecule has 4 rings (SSSR count). The van der Waals surface area contributed by atoms with Crippen LogP contribution < -0.4 is 19.5 Å². The maximum absolute atomic E-state index is 12.8. The number of methoxy groups -OCH3 is 2. The maximum Gasteiger partial charge on any atom is 0.244 e. The highest BCUT2D eigenvalue weighted by Gasteiger charge is 2.43. The lowest BCUT2D eigenvalue weighted by Gasteiger charge is -2.45. The molecular formula is C21H25N3O5S. The Balaban J connectivity index is 1.46.